The lowest BCUT2D eigenvalue weighted by Gasteiger charge is -2.05. The van der Waals surface area contributed by atoms with E-state index in [9.17, 15) is 14.9 Å². The first-order valence-corrected chi connectivity index (χ1v) is 6.34. The molecule has 104 valence electrons. The van der Waals surface area contributed by atoms with E-state index in [0.29, 0.717) is 10.2 Å². The average molecular weight is 340 g/mol. The lowest BCUT2D eigenvalue weighted by atomic mass is 10.2. The normalized spacial score (nSPS) is 10.3. The molecule has 0 aliphatic heterocycles. The number of benzene rings is 1. The van der Waals surface area contributed by atoms with Gasteiger partial charge in [0.25, 0.3) is 11.6 Å². The van der Waals surface area contributed by atoms with E-state index in [4.69, 9.17) is 10.2 Å². The van der Waals surface area contributed by atoms with E-state index in [0.717, 1.165) is 0 Å². The van der Waals surface area contributed by atoms with Crippen molar-refractivity contribution in [2.75, 3.05) is 5.32 Å². The van der Waals surface area contributed by atoms with E-state index < -0.39 is 10.8 Å². The number of hydrogen-bond acceptors (Lipinski definition) is 5. The zero-order valence-electron chi connectivity index (χ0n) is 10.1. The molecule has 0 atom stereocenters. The Morgan fingerprint density at radius 3 is 2.75 bits per heavy atom. The SMILES string of the molecule is NCc1ccc(C(=O)Nc2cc([N+](=O)[O-])ccc2Br)o1. The van der Waals surface area contributed by atoms with Crippen LogP contribution in [-0.4, -0.2) is 10.8 Å². The number of nitrogens with one attached hydrogen (secondary N) is 1. The van der Waals surface area contributed by atoms with Gasteiger partial charge >= 0.3 is 0 Å². The van der Waals surface area contributed by atoms with Gasteiger partial charge in [0.2, 0.25) is 0 Å². The van der Waals surface area contributed by atoms with Gasteiger partial charge in [0.1, 0.15) is 5.76 Å². The van der Waals surface area contributed by atoms with Gasteiger partial charge < -0.3 is 15.5 Å². The van der Waals surface area contributed by atoms with Crippen molar-refractivity contribution in [2.24, 2.45) is 5.73 Å². The Hall–Kier alpha value is -2.19. The zero-order valence-corrected chi connectivity index (χ0v) is 11.7. The van der Waals surface area contributed by atoms with Gasteiger partial charge in [-0.3, -0.25) is 14.9 Å². The first-order valence-electron chi connectivity index (χ1n) is 5.55. The average Bonchev–Trinajstić information content (AvgIpc) is 2.89. The maximum absolute atomic E-state index is 11.9. The van der Waals surface area contributed by atoms with Crippen LogP contribution in [0.15, 0.2) is 39.2 Å². The first kappa shape index (κ1) is 14.2. The molecule has 2 aromatic rings. The summed E-state index contributed by atoms with van der Waals surface area (Å²) < 4.78 is 5.73. The van der Waals surface area contributed by atoms with Crippen molar-refractivity contribution in [3.8, 4) is 0 Å². The molecule has 0 fully saturated rings. The highest BCUT2D eigenvalue weighted by molar-refractivity contribution is 9.10. The van der Waals surface area contributed by atoms with Crippen molar-refractivity contribution in [3.63, 3.8) is 0 Å². The summed E-state index contributed by atoms with van der Waals surface area (Å²) in [5.74, 6) is 0.0583. The fourth-order valence-electron chi connectivity index (χ4n) is 1.52. The Morgan fingerprint density at radius 1 is 1.40 bits per heavy atom. The van der Waals surface area contributed by atoms with Crippen molar-refractivity contribution in [1.29, 1.82) is 0 Å². The summed E-state index contributed by atoms with van der Waals surface area (Å²) in [6, 6.07) is 7.16. The molecule has 3 N–H and O–H groups in total. The number of amides is 1. The Kier molecular flexibility index (Phi) is 4.16. The summed E-state index contributed by atoms with van der Waals surface area (Å²) in [6.45, 7) is 0.188. The number of anilines is 1. The molecule has 0 unspecified atom stereocenters. The van der Waals surface area contributed by atoms with Crippen LogP contribution in [0.1, 0.15) is 16.3 Å². The lowest BCUT2D eigenvalue weighted by molar-refractivity contribution is -0.384. The Balaban J connectivity index is 2.22. The van der Waals surface area contributed by atoms with Crippen LogP contribution in [0, 0.1) is 10.1 Å². The van der Waals surface area contributed by atoms with E-state index in [1.807, 2.05) is 0 Å². The van der Waals surface area contributed by atoms with Crippen molar-refractivity contribution < 1.29 is 14.1 Å². The van der Waals surface area contributed by atoms with Crippen LogP contribution < -0.4 is 11.1 Å². The number of nitro benzene ring substituents is 1. The molecule has 1 aromatic heterocycles. The van der Waals surface area contributed by atoms with Crippen LogP contribution >= 0.6 is 15.9 Å². The number of carbonyl (C=O) groups is 1. The summed E-state index contributed by atoms with van der Waals surface area (Å²) >= 11 is 3.21. The molecule has 1 aromatic carbocycles. The van der Waals surface area contributed by atoms with Crippen molar-refractivity contribution in [3.05, 3.63) is 56.4 Å². The Morgan fingerprint density at radius 2 is 2.15 bits per heavy atom. The molecule has 0 spiro atoms. The molecular formula is C12H10BrN3O4. The summed E-state index contributed by atoms with van der Waals surface area (Å²) in [7, 11) is 0. The highest BCUT2D eigenvalue weighted by Crippen LogP contribution is 2.27. The minimum Gasteiger partial charge on any atom is -0.455 e. The van der Waals surface area contributed by atoms with Crippen LogP contribution in [0.3, 0.4) is 0 Å². The molecular weight excluding hydrogens is 330 g/mol. The second-order valence-corrected chi connectivity index (χ2v) is 4.70. The van der Waals surface area contributed by atoms with Gasteiger partial charge in [-0.25, -0.2) is 0 Å². The summed E-state index contributed by atoms with van der Waals surface area (Å²) in [4.78, 5) is 22.1. The second-order valence-electron chi connectivity index (χ2n) is 3.85. The maximum Gasteiger partial charge on any atom is 0.291 e. The molecule has 1 amide bonds. The number of nitrogens with two attached hydrogens (primary N) is 1. The molecule has 0 radical (unpaired) electrons. The van der Waals surface area contributed by atoms with Gasteiger partial charge in [0.05, 0.1) is 17.2 Å². The van der Waals surface area contributed by atoms with Gasteiger partial charge in [-0.15, -0.1) is 0 Å². The van der Waals surface area contributed by atoms with Crippen LogP contribution in [0.4, 0.5) is 11.4 Å². The van der Waals surface area contributed by atoms with Crippen LogP contribution in [0.5, 0.6) is 0 Å². The minimum atomic E-state index is -0.540. The van der Waals surface area contributed by atoms with E-state index in [1.165, 1.54) is 24.3 Å². The van der Waals surface area contributed by atoms with E-state index >= 15 is 0 Å². The minimum absolute atomic E-state index is 0.0869. The quantitative estimate of drug-likeness (QED) is 0.656. The number of hydrogen-bond donors (Lipinski definition) is 2. The van der Waals surface area contributed by atoms with E-state index in [-0.39, 0.29) is 23.7 Å². The fraction of sp³-hybridized carbons (Fsp3) is 0.0833. The lowest BCUT2D eigenvalue weighted by Crippen LogP contribution is -2.11. The molecule has 8 heteroatoms. The predicted molar refractivity (Wildman–Crippen MR) is 75.3 cm³/mol. The van der Waals surface area contributed by atoms with Crippen molar-refractivity contribution in [1.82, 2.24) is 0 Å². The van der Waals surface area contributed by atoms with Gasteiger partial charge in [-0.1, -0.05) is 0 Å². The first-order chi connectivity index (χ1) is 9.51. The molecule has 20 heavy (non-hydrogen) atoms. The molecule has 7 nitrogen and oxygen atoms in total. The molecule has 0 saturated heterocycles. The number of carbonyl (C=O) groups excluding carboxylic acids is 1. The van der Waals surface area contributed by atoms with E-state index in [2.05, 4.69) is 21.2 Å². The van der Waals surface area contributed by atoms with Crippen LogP contribution in [0.25, 0.3) is 0 Å². The molecule has 2 rings (SSSR count). The Labute approximate surface area is 122 Å². The fourth-order valence-corrected chi connectivity index (χ4v) is 1.86. The third kappa shape index (κ3) is 3.03. The topological polar surface area (TPSA) is 111 Å². The monoisotopic (exact) mass is 339 g/mol. The summed E-state index contributed by atoms with van der Waals surface area (Å²) in [5, 5.41) is 13.2. The number of rotatable bonds is 4. The number of nitro groups is 1. The second kappa shape index (κ2) is 5.85. The van der Waals surface area contributed by atoms with Gasteiger partial charge in [0, 0.05) is 16.6 Å². The van der Waals surface area contributed by atoms with Gasteiger partial charge in [0.15, 0.2) is 5.76 Å². The molecule has 0 saturated carbocycles. The zero-order chi connectivity index (χ0) is 14.7. The number of nitrogens with zero attached hydrogens (tertiary/aromatic N) is 1. The van der Waals surface area contributed by atoms with Crippen LogP contribution in [0.2, 0.25) is 0 Å². The summed E-state index contributed by atoms with van der Waals surface area (Å²) in [5.41, 5.74) is 5.55. The Bertz CT molecular complexity index is 668. The largest absolute Gasteiger partial charge is 0.455 e. The van der Waals surface area contributed by atoms with Crippen LogP contribution in [-0.2, 0) is 6.54 Å². The van der Waals surface area contributed by atoms with Gasteiger partial charge in [-0.05, 0) is 34.1 Å². The maximum atomic E-state index is 11.9. The molecule has 1 heterocycles. The highest BCUT2D eigenvalue weighted by Gasteiger charge is 2.15. The number of non-ortho nitro benzene ring substituents is 1. The standard InChI is InChI=1S/C12H10BrN3O4/c13-9-3-1-7(16(18)19)5-10(9)15-12(17)11-4-2-8(6-14)20-11/h1-5H,6,14H2,(H,15,17). The van der Waals surface area contributed by atoms with Crippen molar-refractivity contribution in [2.45, 2.75) is 6.54 Å². The number of halogens is 1. The third-order valence-electron chi connectivity index (χ3n) is 2.50. The smallest absolute Gasteiger partial charge is 0.291 e. The molecule has 0 aliphatic rings. The predicted octanol–water partition coefficient (Wildman–Crippen LogP) is 2.66. The molecule has 0 bridgehead atoms. The van der Waals surface area contributed by atoms with E-state index in [1.54, 1.807) is 6.07 Å². The van der Waals surface area contributed by atoms with Crippen molar-refractivity contribution >= 4 is 33.2 Å². The summed E-state index contributed by atoms with van der Waals surface area (Å²) in [6.07, 6.45) is 0. The third-order valence-corrected chi connectivity index (χ3v) is 3.19. The molecule has 0 aliphatic carbocycles. The van der Waals surface area contributed by atoms with Gasteiger partial charge in [-0.2, -0.15) is 0 Å². The highest BCUT2D eigenvalue weighted by atomic mass is 79.9. The number of furan rings is 1.